The number of rotatable bonds is 6. The van der Waals surface area contributed by atoms with E-state index in [1.807, 2.05) is 6.08 Å². The molecule has 0 aromatic carbocycles. The van der Waals surface area contributed by atoms with Crippen LogP contribution in [0.5, 0.6) is 0 Å². The largest absolute Gasteiger partial charge is 0.103 e. The first kappa shape index (κ1) is 10.7. The molecule has 0 aliphatic heterocycles. The Balaban J connectivity index is 3.21. The summed E-state index contributed by atoms with van der Waals surface area (Å²) in [6.07, 6.45) is 7.03. The Kier molecular flexibility index (Phi) is 6.30. The van der Waals surface area contributed by atoms with Gasteiger partial charge in [0.2, 0.25) is 0 Å². The summed E-state index contributed by atoms with van der Waals surface area (Å²) in [5.74, 6) is 1.46. The second-order valence-electron chi connectivity index (χ2n) is 3.65. The summed E-state index contributed by atoms with van der Waals surface area (Å²) in [5.41, 5.74) is 0. The van der Waals surface area contributed by atoms with Crippen LogP contribution in [0.25, 0.3) is 0 Å². The number of hydrogen-bond donors (Lipinski definition) is 0. The maximum absolute atomic E-state index is 3.97. The van der Waals surface area contributed by atoms with Crippen LogP contribution < -0.4 is 0 Å². The fourth-order valence-corrected chi connectivity index (χ4v) is 1.12. The highest BCUT2D eigenvalue weighted by Crippen LogP contribution is 2.15. The molecule has 1 radical (unpaired) electrons. The van der Waals surface area contributed by atoms with Crippen molar-refractivity contribution in [3.63, 3.8) is 0 Å². The maximum Gasteiger partial charge on any atom is -0.0351 e. The Hall–Kier alpha value is -0.260. The molecule has 0 aromatic heterocycles. The topological polar surface area (TPSA) is 0 Å². The second kappa shape index (κ2) is 6.45. The minimum absolute atomic E-state index is 0.612. The van der Waals surface area contributed by atoms with Crippen molar-refractivity contribution in [1.29, 1.82) is 0 Å². The molecule has 65 valence electrons. The summed E-state index contributed by atoms with van der Waals surface area (Å²) in [7, 11) is 0. The van der Waals surface area contributed by atoms with Crippen LogP contribution in [0.1, 0.15) is 39.5 Å². The van der Waals surface area contributed by atoms with Gasteiger partial charge in [0, 0.05) is 0 Å². The molecule has 11 heavy (non-hydrogen) atoms. The van der Waals surface area contributed by atoms with E-state index in [4.69, 9.17) is 0 Å². The van der Waals surface area contributed by atoms with Crippen molar-refractivity contribution in [2.24, 2.45) is 11.8 Å². The van der Waals surface area contributed by atoms with Crippen molar-refractivity contribution >= 4 is 0 Å². The maximum atomic E-state index is 3.97. The third kappa shape index (κ3) is 7.64. The lowest BCUT2D eigenvalue weighted by atomic mass is 9.96. The Bertz CT molecular complexity index is 92.2. The Morgan fingerprint density at radius 2 is 1.82 bits per heavy atom. The smallest absolute Gasteiger partial charge is 0.0351 e. The summed E-state index contributed by atoms with van der Waals surface area (Å²) >= 11 is 0. The van der Waals surface area contributed by atoms with Gasteiger partial charge in [-0.2, -0.15) is 0 Å². The standard InChI is InChI=1S/C11H21/c1-5-6-7-11(4)9-8-10(2)3/h5,10-11H,1-2,6-9H2,3-4H3. The van der Waals surface area contributed by atoms with Gasteiger partial charge in [0.25, 0.3) is 0 Å². The fourth-order valence-electron chi connectivity index (χ4n) is 1.12. The van der Waals surface area contributed by atoms with E-state index in [0.29, 0.717) is 5.92 Å². The molecule has 0 heteroatoms. The highest BCUT2D eigenvalue weighted by atomic mass is 14.1. The van der Waals surface area contributed by atoms with Crippen molar-refractivity contribution in [3.8, 4) is 0 Å². The average molecular weight is 153 g/mol. The zero-order chi connectivity index (χ0) is 8.69. The lowest BCUT2D eigenvalue weighted by molar-refractivity contribution is 0.446. The summed E-state index contributed by atoms with van der Waals surface area (Å²) in [4.78, 5) is 0. The van der Waals surface area contributed by atoms with Crippen LogP contribution in [0.2, 0.25) is 0 Å². The van der Waals surface area contributed by atoms with E-state index in [1.165, 1.54) is 19.3 Å². The van der Waals surface area contributed by atoms with Crippen molar-refractivity contribution in [3.05, 3.63) is 19.6 Å². The normalized spacial score (nSPS) is 13.5. The molecule has 0 saturated carbocycles. The van der Waals surface area contributed by atoms with Gasteiger partial charge in [-0.25, -0.2) is 0 Å². The first-order valence-electron chi connectivity index (χ1n) is 4.60. The molecule has 0 N–H and O–H groups in total. The summed E-state index contributed by atoms with van der Waals surface area (Å²) < 4.78 is 0. The van der Waals surface area contributed by atoms with Gasteiger partial charge in [-0.1, -0.05) is 39.7 Å². The Labute approximate surface area is 71.7 Å². The van der Waals surface area contributed by atoms with E-state index in [-0.39, 0.29) is 0 Å². The van der Waals surface area contributed by atoms with Gasteiger partial charge in [-0.15, -0.1) is 6.58 Å². The van der Waals surface area contributed by atoms with Crippen molar-refractivity contribution < 1.29 is 0 Å². The van der Waals surface area contributed by atoms with E-state index in [0.717, 1.165) is 12.3 Å². The van der Waals surface area contributed by atoms with Crippen molar-refractivity contribution in [2.75, 3.05) is 0 Å². The molecule has 2 atom stereocenters. The molecule has 2 unspecified atom stereocenters. The predicted octanol–water partition coefficient (Wildman–Crippen LogP) is 3.84. The Morgan fingerprint density at radius 1 is 1.18 bits per heavy atom. The first-order valence-corrected chi connectivity index (χ1v) is 4.60. The third-order valence-corrected chi connectivity index (χ3v) is 2.02. The van der Waals surface area contributed by atoms with Crippen molar-refractivity contribution in [2.45, 2.75) is 39.5 Å². The molecule has 0 aliphatic rings. The molecule has 0 spiro atoms. The van der Waals surface area contributed by atoms with Crippen LogP contribution in [0, 0.1) is 18.8 Å². The van der Waals surface area contributed by atoms with Gasteiger partial charge >= 0.3 is 0 Å². The summed E-state index contributed by atoms with van der Waals surface area (Å²) in [5, 5.41) is 0. The molecule has 0 saturated heterocycles. The molecular formula is C11H21. The highest BCUT2D eigenvalue weighted by molar-refractivity contribution is 4.68. The average Bonchev–Trinajstić information content (AvgIpc) is 1.97. The molecule has 0 aliphatic carbocycles. The quantitative estimate of drug-likeness (QED) is 0.509. The van der Waals surface area contributed by atoms with Crippen LogP contribution in [0.4, 0.5) is 0 Å². The van der Waals surface area contributed by atoms with Crippen molar-refractivity contribution in [1.82, 2.24) is 0 Å². The van der Waals surface area contributed by atoms with Crippen LogP contribution >= 0.6 is 0 Å². The second-order valence-corrected chi connectivity index (χ2v) is 3.65. The molecular weight excluding hydrogens is 132 g/mol. The molecule has 0 amide bonds. The van der Waals surface area contributed by atoms with E-state index < -0.39 is 0 Å². The number of hydrogen-bond acceptors (Lipinski definition) is 0. The van der Waals surface area contributed by atoms with Gasteiger partial charge < -0.3 is 0 Å². The SMILES string of the molecule is [CH2]C(C)CCC(C)CCC=C. The van der Waals surface area contributed by atoms with Gasteiger partial charge in [0.05, 0.1) is 0 Å². The van der Waals surface area contributed by atoms with E-state index in [1.54, 1.807) is 0 Å². The van der Waals surface area contributed by atoms with E-state index in [2.05, 4.69) is 27.4 Å². The zero-order valence-electron chi connectivity index (χ0n) is 7.97. The molecule has 0 fully saturated rings. The van der Waals surface area contributed by atoms with Crippen LogP contribution in [0.3, 0.4) is 0 Å². The zero-order valence-corrected chi connectivity index (χ0v) is 7.97. The first-order chi connectivity index (χ1) is 5.16. The molecule has 0 rings (SSSR count). The monoisotopic (exact) mass is 153 g/mol. The third-order valence-electron chi connectivity index (χ3n) is 2.02. The summed E-state index contributed by atoms with van der Waals surface area (Å²) in [6.45, 7) is 12.2. The minimum atomic E-state index is 0.612. The van der Waals surface area contributed by atoms with Gasteiger partial charge in [0.15, 0.2) is 0 Å². The van der Waals surface area contributed by atoms with Crippen LogP contribution in [0.15, 0.2) is 12.7 Å². The minimum Gasteiger partial charge on any atom is -0.103 e. The predicted molar refractivity (Wildman–Crippen MR) is 52.4 cm³/mol. The molecule has 0 aromatic rings. The van der Waals surface area contributed by atoms with E-state index >= 15 is 0 Å². The molecule has 0 bridgehead atoms. The highest BCUT2D eigenvalue weighted by Gasteiger charge is 2.01. The fraction of sp³-hybridized carbons (Fsp3) is 0.727. The lowest BCUT2D eigenvalue weighted by Crippen LogP contribution is -1.97. The van der Waals surface area contributed by atoms with Gasteiger partial charge in [-0.3, -0.25) is 0 Å². The molecule has 0 heterocycles. The van der Waals surface area contributed by atoms with Crippen LogP contribution in [-0.2, 0) is 0 Å². The Morgan fingerprint density at radius 3 is 2.27 bits per heavy atom. The number of allylic oxidation sites excluding steroid dienone is 1. The van der Waals surface area contributed by atoms with Gasteiger partial charge in [-0.05, 0) is 24.7 Å². The molecule has 0 nitrogen and oxygen atoms in total. The van der Waals surface area contributed by atoms with Gasteiger partial charge in [0.1, 0.15) is 0 Å². The summed E-state index contributed by atoms with van der Waals surface area (Å²) in [6, 6.07) is 0. The lowest BCUT2D eigenvalue weighted by Gasteiger charge is -2.10. The van der Waals surface area contributed by atoms with E-state index in [9.17, 15) is 0 Å². The van der Waals surface area contributed by atoms with Crippen LogP contribution in [-0.4, -0.2) is 0 Å².